The fourth-order valence-corrected chi connectivity index (χ4v) is 4.03. The summed E-state index contributed by atoms with van der Waals surface area (Å²) in [5.41, 5.74) is 3.40. The van der Waals surface area contributed by atoms with Crippen molar-refractivity contribution in [3.8, 4) is 11.3 Å². The van der Waals surface area contributed by atoms with Crippen LogP contribution in [0.4, 0.5) is 0 Å². The van der Waals surface area contributed by atoms with E-state index in [9.17, 15) is 5.11 Å². The molecule has 1 aromatic carbocycles. The van der Waals surface area contributed by atoms with Gasteiger partial charge in [0.1, 0.15) is 0 Å². The third kappa shape index (κ3) is 2.83. The van der Waals surface area contributed by atoms with E-state index < -0.39 is 5.60 Å². The van der Waals surface area contributed by atoms with Crippen LogP contribution >= 0.6 is 0 Å². The van der Waals surface area contributed by atoms with Crippen LogP contribution in [0.15, 0.2) is 36.5 Å². The van der Waals surface area contributed by atoms with Crippen LogP contribution in [0.5, 0.6) is 0 Å². The smallest absolute Gasteiger partial charge is 0.0912 e. The van der Waals surface area contributed by atoms with Crippen molar-refractivity contribution in [3.63, 3.8) is 0 Å². The van der Waals surface area contributed by atoms with Gasteiger partial charge in [0.25, 0.3) is 0 Å². The number of para-hydroxylation sites is 1. The Hall–Kier alpha value is -1.91. The molecule has 0 radical (unpaired) electrons. The molecule has 0 spiro atoms. The van der Waals surface area contributed by atoms with Crippen LogP contribution in [-0.2, 0) is 18.2 Å². The lowest BCUT2D eigenvalue weighted by atomic mass is 9.92. The number of fused-ring (bicyclic) bond motifs is 3. The molecule has 0 saturated carbocycles. The molecule has 2 atom stereocenters. The summed E-state index contributed by atoms with van der Waals surface area (Å²) in [6, 6.07) is 10.4. The Balaban J connectivity index is 1.72. The molecule has 3 aliphatic rings. The summed E-state index contributed by atoms with van der Waals surface area (Å²) in [5, 5.41) is 11.5. The minimum Gasteiger partial charge on any atom is -0.388 e. The highest BCUT2D eigenvalue weighted by molar-refractivity contribution is 5.97. The third-order valence-corrected chi connectivity index (χ3v) is 5.54. The van der Waals surface area contributed by atoms with E-state index in [1.807, 2.05) is 19.9 Å². The van der Waals surface area contributed by atoms with Gasteiger partial charge < -0.3 is 14.4 Å². The molecule has 0 amide bonds. The molecular weight excluding hydrogens is 312 g/mol. The molecule has 2 unspecified atom stereocenters. The number of benzene rings is 1. The van der Waals surface area contributed by atoms with E-state index in [0.29, 0.717) is 0 Å². The minimum absolute atomic E-state index is 0.117. The van der Waals surface area contributed by atoms with Gasteiger partial charge in [-0.25, -0.2) is 4.98 Å². The van der Waals surface area contributed by atoms with Gasteiger partial charge >= 0.3 is 0 Å². The maximum absolute atomic E-state index is 10.3. The molecule has 1 N–H and O–H groups in total. The molecule has 4 rings (SSSR count). The molecule has 4 nitrogen and oxygen atoms in total. The van der Waals surface area contributed by atoms with Crippen molar-refractivity contribution in [1.29, 1.82) is 0 Å². The Morgan fingerprint density at radius 3 is 2.80 bits per heavy atom. The number of hydrogen-bond acceptors (Lipinski definition) is 3. The predicted octanol–water partition coefficient (Wildman–Crippen LogP) is 3.93. The van der Waals surface area contributed by atoms with E-state index in [2.05, 4.69) is 49.0 Å². The zero-order chi connectivity index (χ0) is 17.8. The molecule has 3 heterocycles. The van der Waals surface area contributed by atoms with Gasteiger partial charge in [0.05, 0.1) is 28.5 Å². The lowest BCUT2D eigenvalue weighted by Crippen LogP contribution is -2.39. The number of aryl methyl sites for hydroxylation is 1. The summed E-state index contributed by atoms with van der Waals surface area (Å²) in [7, 11) is 2.07. The quantitative estimate of drug-likeness (QED) is 0.787. The monoisotopic (exact) mass is 338 g/mol. The van der Waals surface area contributed by atoms with E-state index in [0.717, 1.165) is 30.5 Å². The van der Waals surface area contributed by atoms with Crippen LogP contribution < -0.4 is 0 Å². The maximum Gasteiger partial charge on any atom is 0.0912 e. The molecule has 3 aliphatic heterocycles. The summed E-state index contributed by atoms with van der Waals surface area (Å²) in [6.45, 7) is 5.81. The Labute approximate surface area is 148 Å². The van der Waals surface area contributed by atoms with Crippen LogP contribution in [0, 0.1) is 0 Å². The first kappa shape index (κ1) is 16.6. The highest BCUT2D eigenvalue weighted by atomic mass is 16.5. The molecule has 132 valence electrons. The molecule has 0 aromatic heterocycles. The number of pyridine rings is 1. The van der Waals surface area contributed by atoms with E-state index in [-0.39, 0.29) is 11.7 Å². The Bertz CT molecular complexity index is 893. The van der Waals surface area contributed by atoms with Crippen molar-refractivity contribution in [2.24, 2.45) is 7.05 Å². The predicted molar refractivity (Wildman–Crippen MR) is 99.8 cm³/mol. The lowest BCUT2D eigenvalue weighted by molar-refractivity contribution is -0.115. The lowest BCUT2D eigenvalue weighted by Gasteiger charge is -2.31. The number of hydrogen-bond donors (Lipinski definition) is 1. The van der Waals surface area contributed by atoms with Gasteiger partial charge in [0, 0.05) is 36.3 Å². The molecule has 0 aliphatic carbocycles. The largest absolute Gasteiger partial charge is 0.388 e. The normalized spacial score (nSPS) is 24.4. The zero-order valence-electron chi connectivity index (χ0n) is 15.4. The van der Waals surface area contributed by atoms with Crippen LogP contribution in [-0.4, -0.2) is 32.0 Å². The van der Waals surface area contributed by atoms with Gasteiger partial charge in [-0.3, -0.25) is 0 Å². The van der Waals surface area contributed by atoms with Crippen LogP contribution in [0.25, 0.3) is 22.2 Å². The SMILES string of the molecule is Cn1ccc2c3ccccc3nc-2c1CC1(C)CCC(C(C)(C)O)O1. The van der Waals surface area contributed by atoms with Gasteiger partial charge in [-0.15, -0.1) is 0 Å². The molecule has 1 fully saturated rings. The number of aromatic nitrogens is 2. The van der Waals surface area contributed by atoms with Gasteiger partial charge in [-0.2, -0.15) is 0 Å². The summed E-state index contributed by atoms with van der Waals surface area (Å²) in [6.07, 6.45) is 4.61. The second-order valence-corrected chi connectivity index (χ2v) is 8.19. The summed E-state index contributed by atoms with van der Waals surface area (Å²) < 4.78 is 8.46. The van der Waals surface area contributed by atoms with Crippen molar-refractivity contribution in [1.82, 2.24) is 9.55 Å². The van der Waals surface area contributed by atoms with Gasteiger partial charge in [-0.05, 0) is 45.7 Å². The molecule has 25 heavy (non-hydrogen) atoms. The zero-order valence-corrected chi connectivity index (χ0v) is 15.4. The Morgan fingerprint density at radius 2 is 2.08 bits per heavy atom. The van der Waals surface area contributed by atoms with Crippen molar-refractivity contribution >= 4 is 10.9 Å². The standard InChI is InChI=1S/C21H26N2O2/c1-20(2,24)18-9-11-21(3,25-18)13-17-19-15(10-12-23(17)4)14-7-5-6-8-16(14)22-19/h5-8,10,12,18,24H,9,11,13H2,1-4H3. The van der Waals surface area contributed by atoms with E-state index in [1.165, 1.54) is 16.6 Å². The number of rotatable bonds is 3. The van der Waals surface area contributed by atoms with E-state index in [4.69, 9.17) is 9.72 Å². The fraction of sp³-hybridized carbons (Fsp3) is 0.476. The highest BCUT2D eigenvalue weighted by Gasteiger charge is 2.43. The van der Waals surface area contributed by atoms with Crippen LogP contribution in [0.2, 0.25) is 0 Å². The van der Waals surface area contributed by atoms with Crippen LogP contribution in [0.1, 0.15) is 39.3 Å². The molecular formula is C21H26N2O2. The first-order valence-corrected chi connectivity index (χ1v) is 9.00. The first-order valence-electron chi connectivity index (χ1n) is 9.00. The van der Waals surface area contributed by atoms with Crippen molar-refractivity contribution in [2.75, 3.05) is 0 Å². The average molecular weight is 338 g/mol. The molecule has 4 heteroatoms. The Morgan fingerprint density at radius 1 is 1.32 bits per heavy atom. The average Bonchev–Trinajstić information content (AvgIpc) is 3.11. The minimum atomic E-state index is -0.806. The van der Waals surface area contributed by atoms with Gasteiger partial charge in [-0.1, -0.05) is 18.2 Å². The van der Waals surface area contributed by atoms with Gasteiger partial charge in [0.15, 0.2) is 0 Å². The first-order chi connectivity index (χ1) is 11.8. The summed E-state index contributed by atoms with van der Waals surface area (Å²) >= 11 is 0. The van der Waals surface area contributed by atoms with Crippen LogP contribution in [0.3, 0.4) is 0 Å². The van der Waals surface area contributed by atoms with Crippen molar-refractivity contribution in [3.05, 3.63) is 42.2 Å². The van der Waals surface area contributed by atoms with E-state index in [1.54, 1.807) is 0 Å². The number of ether oxygens (including phenoxy) is 1. The topological polar surface area (TPSA) is 47.3 Å². The van der Waals surface area contributed by atoms with Gasteiger partial charge in [0.2, 0.25) is 0 Å². The summed E-state index contributed by atoms with van der Waals surface area (Å²) in [5.74, 6) is 0. The fourth-order valence-electron chi connectivity index (χ4n) is 4.03. The highest BCUT2D eigenvalue weighted by Crippen LogP contribution is 2.40. The van der Waals surface area contributed by atoms with Crippen molar-refractivity contribution < 1.29 is 9.84 Å². The van der Waals surface area contributed by atoms with Crippen molar-refractivity contribution in [2.45, 2.75) is 57.3 Å². The molecule has 1 aromatic rings. The molecule has 0 bridgehead atoms. The number of nitrogens with zero attached hydrogens (tertiary/aromatic N) is 2. The van der Waals surface area contributed by atoms with E-state index >= 15 is 0 Å². The Kier molecular flexibility index (Phi) is 3.67. The second kappa shape index (κ2) is 5.55. The molecule has 1 saturated heterocycles. The number of aliphatic hydroxyl groups is 1. The maximum atomic E-state index is 10.3. The third-order valence-electron chi connectivity index (χ3n) is 5.54. The second-order valence-electron chi connectivity index (χ2n) is 8.19. The summed E-state index contributed by atoms with van der Waals surface area (Å²) in [4.78, 5) is 4.89.